The van der Waals surface area contributed by atoms with E-state index in [-0.39, 0.29) is 29.4 Å². The summed E-state index contributed by atoms with van der Waals surface area (Å²) in [6, 6.07) is 11.5. The van der Waals surface area contributed by atoms with E-state index in [1.807, 2.05) is 24.3 Å². The Morgan fingerprint density at radius 3 is 2.35 bits per heavy atom. The third-order valence-electron chi connectivity index (χ3n) is 15.1. The molecule has 3 amide bonds. The Morgan fingerprint density at radius 2 is 1.63 bits per heavy atom. The normalized spacial score (nSPS) is 22.9. The minimum atomic E-state index is -0.643. The Labute approximate surface area is 363 Å². The maximum Gasteiger partial charge on any atom is 0.255 e. The van der Waals surface area contributed by atoms with E-state index in [0.29, 0.717) is 30.4 Å². The number of methoxy groups -OCH3 is 1. The van der Waals surface area contributed by atoms with Gasteiger partial charge in [-0.25, -0.2) is 9.97 Å². The molecule has 15 heteroatoms. The molecule has 6 aliphatic rings. The Morgan fingerprint density at radius 1 is 0.871 bits per heavy atom. The lowest BCUT2D eigenvalue weighted by Gasteiger charge is -2.50. The number of fused-ring (bicyclic) bond motifs is 2. The van der Waals surface area contributed by atoms with Gasteiger partial charge in [-0.05, 0) is 108 Å². The van der Waals surface area contributed by atoms with E-state index in [4.69, 9.17) is 14.5 Å². The van der Waals surface area contributed by atoms with Crippen LogP contribution in [0.2, 0.25) is 0 Å². The fourth-order valence-electron chi connectivity index (χ4n) is 10.8. The molecule has 1 atom stereocenters. The highest BCUT2D eigenvalue weighted by molar-refractivity contribution is 6.06. The van der Waals surface area contributed by atoms with Crippen LogP contribution in [0.5, 0.6) is 11.5 Å². The van der Waals surface area contributed by atoms with Crippen LogP contribution in [-0.2, 0) is 16.1 Å². The van der Waals surface area contributed by atoms with Crippen molar-refractivity contribution in [2.45, 2.75) is 95.9 Å². The predicted molar refractivity (Wildman–Crippen MR) is 236 cm³/mol. The number of aromatic amines is 1. The summed E-state index contributed by atoms with van der Waals surface area (Å²) < 4.78 is 12.2. The third-order valence-corrected chi connectivity index (χ3v) is 15.1. The molecular weight excluding hydrogens is 785 g/mol. The van der Waals surface area contributed by atoms with Gasteiger partial charge >= 0.3 is 0 Å². The summed E-state index contributed by atoms with van der Waals surface area (Å²) in [7, 11) is 1.66. The number of nitrogens with zero attached hydrogens (tertiary/aromatic N) is 8. The molecule has 15 nitrogen and oxygen atoms in total. The molecule has 4 aromatic rings. The third kappa shape index (κ3) is 7.75. The van der Waals surface area contributed by atoms with Crippen molar-refractivity contribution in [1.82, 2.24) is 40.2 Å². The average Bonchev–Trinajstić information content (AvgIpc) is 3.70. The number of hydrogen-bond donors (Lipinski definition) is 2. The number of piperazine rings is 1. The second-order valence-corrected chi connectivity index (χ2v) is 19.3. The Kier molecular flexibility index (Phi) is 10.6. The molecule has 5 fully saturated rings. The van der Waals surface area contributed by atoms with Gasteiger partial charge in [0, 0.05) is 93.4 Å². The fourth-order valence-corrected chi connectivity index (χ4v) is 10.8. The van der Waals surface area contributed by atoms with Crippen LogP contribution < -0.4 is 24.6 Å². The number of H-pyrrole nitrogens is 1. The summed E-state index contributed by atoms with van der Waals surface area (Å²) in [6.45, 7) is 16.7. The van der Waals surface area contributed by atoms with Crippen LogP contribution in [0, 0.1) is 11.8 Å². The van der Waals surface area contributed by atoms with Crippen LogP contribution in [0.1, 0.15) is 88.1 Å². The Hall–Kier alpha value is -5.28. The lowest BCUT2D eigenvalue weighted by Crippen LogP contribution is -2.59. The molecule has 0 spiro atoms. The highest BCUT2D eigenvalue weighted by atomic mass is 16.5. The van der Waals surface area contributed by atoms with Gasteiger partial charge in [0.15, 0.2) is 0 Å². The molecule has 2 N–H and O–H groups in total. The second-order valence-electron chi connectivity index (χ2n) is 19.3. The van der Waals surface area contributed by atoms with Crippen molar-refractivity contribution in [2.24, 2.45) is 11.8 Å². The predicted octanol–water partition coefficient (Wildman–Crippen LogP) is 5.25. The number of imide groups is 1. The van der Waals surface area contributed by atoms with E-state index < -0.39 is 11.9 Å². The van der Waals surface area contributed by atoms with Gasteiger partial charge in [-0.15, -0.1) is 0 Å². The van der Waals surface area contributed by atoms with Crippen molar-refractivity contribution in [3.63, 3.8) is 0 Å². The van der Waals surface area contributed by atoms with Gasteiger partial charge in [-0.3, -0.25) is 29.7 Å². The average molecular weight is 845 g/mol. The second kappa shape index (κ2) is 16.1. The Bertz CT molecular complexity index is 2350. The summed E-state index contributed by atoms with van der Waals surface area (Å²) in [5.41, 5.74) is 5.11. The zero-order valence-corrected chi connectivity index (χ0v) is 36.6. The number of anilines is 2. The van der Waals surface area contributed by atoms with Crippen LogP contribution in [0.25, 0.3) is 22.3 Å². The largest absolute Gasteiger partial charge is 0.494 e. The standard InChI is InChI=1S/C47H60N10O5/c1-46(2,31-13-19-55(20-14-31)40-26-37(48-29-49-40)42-34-25-32(62-47(3)15-16-47)5-7-36(34)51-52-42)56-23-21-53(22-24-56)27-30-11-17-54(18-12-30)38-8-6-33-35(43(38)61-4)28-57(45(33)60)39-9-10-41(58)50-44(39)59/h5-8,25-26,29-31,39H,9-24,27-28H2,1-4H3,(H,51,52)(H,50,58,59). The van der Waals surface area contributed by atoms with Crippen LogP contribution in [0.15, 0.2) is 42.7 Å². The summed E-state index contributed by atoms with van der Waals surface area (Å²) >= 11 is 0. The molecule has 0 bridgehead atoms. The van der Waals surface area contributed by atoms with Crippen molar-refractivity contribution in [1.29, 1.82) is 0 Å². The number of ether oxygens (including phenoxy) is 2. The number of amides is 3. The molecule has 62 heavy (non-hydrogen) atoms. The number of aromatic nitrogens is 4. The maximum atomic E-state index is 13.4. The monoisotopic (exact) mass is 844 g/mol. The molecule has 2 aromatic heterocycles. The fraction of sp³-hybridized carbons (Fsp3) is 0.574. The van der Waals surface area contributed by atoms with Gasteiger partial charge in [-0.2, -0.15) is 5.10 Å². The summed E-state index contributed by atoms with van der Waals surface area (Å²) in [5, 5.41) is 11.2. The highest BCUT2D eigenvalue weighted by Gasteiger charge is 2.43. The molecule has 1 unspecified atom stereocenters. The van der Waals surface area contributed by atoms with E-state index in [2.05, 4.69) is 73.0 Å². The first-order valence-electron chi connectivity index (χ1n) is 22.8. The Balaban J connectivity index is 0.698. The molecule has 4 saturated heterocycles. The maximum absolute atomic E-state index is 13.4. The highest BCUT2D eigenvalue weighted by Crippen LogP contribution is 2.43. The molecule has 7 heterocycles. The molecule has 0 radical (unpaired) electrons. The van der Waals surface area contributed by atoms with E-state index in [1.54, 1.807) is 18.3 Å². The van der Waals surface area contributed by atoms with E-state index in [0.717, 1.165) is 148 Å². The smallest absolute Gasteiger partial charge is 0.255 e. The van der Waals surface area contributed by atoms with Crippen molar-refractivity contribution >= 4 is 40.1 Å². The van der Waals surface area contributed by atoms with Gasteiger partial charge in [0.25, 0.3) is 5.91 Å². The summed E-state index contributed by atoms with van der Waals surface area (Å²) in [6.07, 6.45) is 8.89. The van der Waals surface area contributed by atoms with Crippen molar-refractivity contribution < 1.29 is 23.9 Å². The lowest BCUT2D eigenvalue weighted by atomic mass is 9.78. The van der Waals surface area contributed by atoms with E-state index >= 15 is 0 Å². The molecule has 1 aliphatic carbocycles. The van der Waals surface area contributed by atoms with Crippen LogP contribution in [-0.4, -0.2) is 136 Å². The topological polar surface area (TPSA) is 152 Å². The van der Waals surface area contributed by atoms with Crippen LogP contribution in [0.3, 0.4) is 0 Å². The zero-order chi connectivity index (χ0) is 42.8. The van der Waals surface area contributed by atoms with E-state index in [9.17, 15) is 14.4 Å². The van der Waals surface area contributed by atoms with Gasteiger partial charge < -0.3 is 29.1 Å². The molecule has 2 aromatic carbocycles. The quantitative estimate of drug-likeness (QED) is 0.190. The molecule has 5 aliphatic heterocycles. The van der Waals surface area contributed by atoms with Crippen molar-refractivity contribution in [3.8, 4) is 22.9 Å². The first-order valence-corrected chi connectivity index (χ1v) is 22.8. The van der Waals surface area contributed by atoms with Gasteiger partial charge in [0.2, 0.25) is 11.8 Å². The number of rotatable bonds is 11. The molecule has 328 valence electrons. The summed E-state index contributed by atoms with van der Waals surface area (Å²) in [4.78, 5) is 58.9. The molecular formula is C47H60N10O5. The molecule has 1 saturated carbocycles. The molecule has 10 rings (SSSR count). The van der Waals surface area contributed by atoms with Gasteiger partial charge in [-0.1, -0.05) is 0 Å². The first-order chi connectivity index (χ1) is 30.0. The van der Waals surface area contributed by atoms with Gasteiger partial charge in [0.1, 0.15) is 41.0 Å². The van der Waals surface area contributed by atoms with Crippen LogP contribution in [0.4, 0.5) is 11.5 Å². The van der Waals surface area contributed by atoms with Crippen molar-refractivity contribution in [3.05, 3.63) is 53.9 Å². The summed E-state index contributed by atoms with van der Waals surface area (Å²) in [5.74, 6) is 2.93. The van der Waals surface area contributed by atoms with E-state index in [1.165, 1.54) is 0 Å². The van der Waals surface area contributed by atoms with Gasteiger partial charge in [0.05, 0.1) is 30.6 Å². The lowest BCUT2D eigenvalue weighted by molar-refractivity contribution is -0.136. The number of carbonyl (C=O) groups excluding carboxylic acids is 3. The number of piperidine rings is 3. The number of nitrogens with one attached hydrogen (secondary N) is 2. The minimum Gasteiger partial charge on any atom is -0.494 e. The minimum absolute atomic E-state index is 0.0436. The van der Waals surface area contributed by atoms with Crippen molar-refractivity contribution in [2.75, 3.05) is 75.8 Å². The zero-order valence-electron chi connectivity index (χ0n) is 36.6. The number of hydrogen-bond acceptors (Lipinski definition) is 12. The number of carbonyl (C=O) groups is 3. The van der Waals surface area contributed by atoms with Crippen LogP contribution >= 0.6 is 0 Å². The number of benzene rings is 2. The SMILES string of the molecule is COc1c(N2CCC(CN3CCN(C(C)(C)C4CCN(c5cc(-c6n[nH]c7ccc(OC8(C)CC8)cc67)ncn5)CC4)CC3)CC2)ccc2c1CN(C1CCC(=O)NC1=O)C2=O. The first kappa shape index (κ1) is 40.8.